The largest absolute Gasteiger partial charge is 0.416 e. The second-order valence-corrected chi connectivity index (χ2v) is 8.44. The van der Waals surface area contributed by atoms with E-state index in [-0.39, 0.29) is 17.3 Å². The number of anilines is 3. The van der Waals surface area contributed by atoms with Gasteiger partial charge in [-0.2, -0.15) is 28.1 Å². The van der Waals surface area contributed by atoms with Gasteiger partial charge in [-0.15, -0.1) is 0 Å². The van der Waals surface area contributed by atoms with Gasteiger partial charge >= 0.3 is 6.18 Å². The van der Waals surface area contributed by atoms with E-state index in [1.54, 1.807) is 0 Å². The minimum absolute atomic E-state index is 0.0768. The zero-order valence-corrected chi connectivity index (χ0v) is 19.8. The predicted molar refractivity (Wildman–Crippen MR) is 126 cm³/mol. The highest BCUT2D eigenvalue weighted by atomic mass is 19.4. The van der Waals surface area contributed by atoms with Crippen molar-refractivity contribution in [1.82, 2.24) is 24.8 Å². The van der Waals surface area contributed by atoms with Gasteiger partial charge in [0.1, 0.15) is 17.5 Å². The fraction of sp³-hybridized carbons (Fsp3) is 0.375. The molecule has 3 aromatic rings. The Hall–Kier alpha value is -3.67. The van der Waals surface area contributed by atoms with E-state index in [9.17, 15) is 22.4 Å². The number of nitrogens with one attached hydrogen (secondary N) is 1. The molecule has 0 saturated carbocycles. The summed E-state index contributed by atoms with van der Waals surface area (Å²) in [5.41, 5.74) is -1.78. The molecule has 0 spiro atoms. The summed E-state index contributed by atoms with van der Waals surface area (Å²) in [5.74, 6) is -0.195. The molecule has 0 bridgehead atoms. The topological polar surface area (TPSA) is 87.1 Å². The maximum atomic E-state index is 14.2. The Balaban J connectivity index is 1.55. The molecule has 1 aliphatic heterocycles. The molecule has 1 fully saturated rings. The van der Waals surface area contributed by atoms with Crippen molar-refractivity contribution in [2.45, 2.75) is 25.9 Å². The summed E-state index contributed by atoms with van der Waals surface area (Å²) in [5, 5.41) is 2.96. The Bertz CT molecular complexity index is 1240. The van der Waals surface area contributed by atoms with Crippen molar-refractivity contribution in [2.24, 2.45) is 0 Å². The number of carbonyl (C=O) groups excluding carboxylic acids is 1. The summed E-state index contributed by atoms with van der Waals surface area (Å²) in [7, 11) is 2.05. The first kappa shape index (κ1) is 25.4. The van der Waals surface area contributed by atoms with E-state index in [1.165, 1.54) is 18.3 Å². The number of piperazine rings is 1. The first-order valence-corrected chi connectivity index (χ1v) is 11.4. The van der Waals surface area contributed by atoms with Crippen LogP contribution in [0.3, 0.4) is 0 Å². The third kappa shape index (κ3) is 5.93. The zero-order valence-electron chi connectivity index (χ0n) is 19.8. The van der Waals surface area contributed by atoms with Gasteiger partial charge in [0.25, 0.3) is 0 Å². The van der Waals surface area contributed by atoms with Gasteiger partial charge < -0.3 is 15.1 Å². The van der Waals surface area contributed by atoms with Gasteiger partial charge in [0.15, 0.2) is 5.78 Å². The number of aryl methyl sites for hydroxylation is 1. The molecule has 0 amide bonds. The van der Waals surface area contributed by atoms with Crippen LogP contribution in [0.5, 0.6) is 0 Å². The standard InChI is InChI=1S/C24H25F4N7O/c1-3-20-30-22(33-23(32-20)35-11-9-34(2)10-12-35)31-21-13-15(7-8-29-21)19(36)14-16-17(24(26,27)28)5-4-6-18(16)25/h4-8,13H,3,9-12,14H2,1-2H3,(H,29,30,31,32,33). The number of alkyl halides is 3. The lowest BCUT2D eigenvalue weighted by Gasteiger charge is -2.32. The quantitative estimate of drug-likeness (QED) is 0.384. The Kier molecular flexibility index (Phi) is 7.43. The summed E-state index contributed by atoms with van der Waals surface area (Å²) in [6, 6.07) is 5.37. The van der Waals surface area contributed by atoms with Crippen LogP contribution in [0, 0.1) is 5.82 Å². The van der Waals surface area contributed by atoms with Crippen molar-refractivity contribution in [1.29, 1.82) is 0 Å². The number of aromatic nitrogens is 4. The number of carbonyl (C=O) groups is 1. The number of hydrogen-bond donors (Lipinski definition) is 1. The number of halogens is 4. The zero-order chi connectivity index (χ0) is 25.9. The van der Waals surface area contributed by atoms with Crippen LogP contribution in [-0.2, 0) is 19.0 Å². The predicted octanol–water partition coefficient (Wildman–Crippen LogP) is 3.91. The Morgan fingerprint density at radius 1 is 1.08 bits per heavy atom. The SMILES string of the molecule is CCc1nc(Nc2cc(C(=O)Cc3c(F)cccc3C(F)(F)F)ccn2)nc(N2CCN(C)CC2)n1. The number of benzene rings is 1. The normalized spacial score (nSPS) is 14.7. The van der Waals surface area contributed by atoms with Crippen molar-refractivity contribution >= 4 is 23.5 Å². The maximum absolute atomic E-state index is 14.2. The lowest BCUT2D eigenvalue weighted by atomic mass is 9.98. The molecule has 3 heterocycles. The summed E-state index contributed by atoms with van der Waals surface area (Å²) in [4.78, 5) is 34.6. The monoisotopic (exact) mass is 503 g/mol. The average Bonchev–Trinajstić information content (AvgIpc) is 2.85. The number of Topliss-reactive ketones (excluding diaryl/α,β-unsaturated/α-hetero) is 1. The molecule has 4 rings (SSSR count). The van der Waals surface area contributed by atoms with Crippen LogP contribution in [0.2, 0.25) is 0 Å². The molecule has 2 aromatic heterocycles. The fourth-order valence-electron chi connectivity index (χ4n) is 3.82. The van der Waals surface area contributed by atoms with Crippen molar-refractivity contribution in [2.75, 3.05) is 43.4 Å². The van der Waals surface area contributed by atoms with E-state index in [4.69, 9.17) is 0 Å². The molecule has 12 heteroatoms. The van der Waals surface area contributed by atoms with Crippen LogP contribution >= 0.6 is 0 Å². The summed E-state index contributed by atoms with van der Waals surface area (Å²) in [6.45, 7) is 5.20. The minimum Gasteiger partial charge on any atom is -0.338 e. The smallest absolute Gasteiger partial charge is 0.338 e. The molecule has 190 valence electrons. The molecule has 1 aromatic carbocycles. The van der Waals surface area contributed by atoms with Crippen LogP contribution in [0.4, 0.5) is 35.3 Å². The second-order valence-electron chi connectivity index (χ2n) is 8.44. The Labute approximate surface area is 205 Å². The van der Waals surface area contributed by atoms with E-state index < -0.39 is 35.3 Å². The molecule has 0 radical (unpaired) electrons. The van der Waals surface area contributed by atoms with Crippen LogP contribution in [0.1, 0.15) is 34.2 Å². The fourth-order valence-corrected chi connectivity index (χ4v) is 3.82. The highest BCUT2D eigenvalue weighted by molar-refractivity contribution is 5.98. The number of nitrogens with zero attached hydrogens (tertiary/aromatic N) is 6. The van der Waals surface area contributed by atoms with Crippen molar-refractivity contribution in [3.05, 3.63) is 64.9 Å². The Morgan fingerprint density at radius 3 is 2.53 bits per heavy atom. The molecule has 1 saturated heterocycles. The van der Waals surface area contributed by atoms with Gasteiger partial charge in [-0.3, -0.25) is 4.79 Å². The molecule has 0 aliphatic carbocycles. The van der Waals surface area contributed by atoms with Gasteiger partial charge in [0.05, 0.1) is 5.56 Å². The first-order valence-electron chi connectivity index (χ1n) is 11.4. The summed E-state index contributed by atoms with van der Waals surface area (Å²) in [6.07, 6.45) is -3.61. The van der Waals surface area contributed by atoms with Gasteiger partial charge in [-0.1, -0.05) is 13.0 Å². The number of hydrogen-bond acceptors (Lipinski definition) is 8. The van der Waals surface area contributed by atoms with E-state index in [0.717, 1.165) is 44.4 Å². The van der Waals surface area contributed by atoms with E-state index in [2.05, 4.69) is 35.1 Å². The molecule has 0 unspecified atom stereocenters. The molecule has 1 N–H and O–H groups in total. The van der Waals surface area contributed by atoms with Crippen LogP contribution in [0.15, 0.2) is 36.5 Å². The maximum Gasteiger partial charge on any atom is 0.416 e. The van der Waals surface area contributed by atoms with Crippen molar-refractivity contribution < 1.29 is 22.4 Å². The van der Waals surface area contributed by atoms with Gasteiger partial charge in [-0.25, -0.2) is 9.37 Å². The van der Waals surface area contributed by atoms with Crippen molar-refractivity contribution in [3.63, 3.8) is 0 Å². The first-order chi connectivity index (χ1) is 17.1. The summed E-state index contributed by atoms with van der Waals surface area (Å²) < 4.78 is 54.1. The molecular weight excluding hydrogens is 478 g/mol. The molecule has 0 atom stereocenters. The second kappa shape index (κ2) is 10.5. The van der Waals surface area contributed by atoms with E-state index in [0.29, 0.717) is 18.2 Å². The van der Waals surface area contributed by atoms with Crippen LogP contribution in [0.25, 0.3) is 0 Å². The van der Waals surface area contributed by atoms with Crippen LogP contribution < -0.4 is 10.2 Å². The number of likely N-dealkylation sites (N-methyl/N-ethyl adjacent to an activating group) is 1. The summed E-state index contributed by atoms with van der Waals surface area (Å²) >= 11 is 0. The van der Waals surface area contributed by atoms with E-state index in [1.807, 2.05) is 14.0 Å². The highest BCUT2D eigenvalue weighted by Gasteiger charge is 2.35. The molecular formula is C24H25F4N7O. The average molecular weight is 504 g/mol. The number of pyridine rings is 1. The van der Waals surface area contributed by atoms with Gasteiger partial charge in [0, 0.05) is 56.3 Å². The molecule has 1 aliphatic rings. The van der Waals surface area contributed by atoms with Gasteiger partial charge in [-0.05, 0) is 31.3 Å². The lowest BCUT2D eigenvalue weighted by molar-refractivity contribution is -0.138. The molecule has 36 heavy (non-hydrogen) atoms. The highest BCUT2D eigenvalue weighted by Crippen LogP contribution is 2.33. The number of ketones is 1. The van der Waals surface area contributed by atoms with Crippen molar-refractivity contribution in [3.8, 4) is 0 Å². The van der Waals surface area contributed by atoms with Crippen LogP contribution in [-0.4, -0.2) is 63.8 Å². The number of rotatable bonds is 7. The molecule has 8 nitrogen and oxygen atoms in total. The van der Waals surface area contributed by atoms with Gasteiger partial charge in [0.2, 0.25) is 11.9 Å². The minimum atomic E-state index is -4.78. The lowest BCUT2D eigenvalue weighted by Crippen LogP contribution is -2.45. The van der Waals surface area contributed by atoms with E-state index >= 15 is 0 Å². The third-order valence-corrected chi connectivity index (χ3v) is 5.86. The Morgan fingerprint density at radius 2 is 1.83 bits per heavy atom. The third-order valence-electron chi connectivity index (χ3n) is 5.86.